The molecule has 1 fully saturated rings. The fourth-order valence-electron chi connectivity index (χ4n) is 2.91. The van der Waals surface area contributed by atoms with E-state index in [0.29, 0.717) is 5.92 Å². The van der Waals surface area contributed by atoms with Gasteiger partial charge in [-0.15, -0.1) is 0 Å². The molecule has 1 amide bonds. The van der Waals surface area contributed by atoms with E-state index in [1.807, 2.05) is 0 Å². The molecule has 5 heteroatoms. The maximum atomic E-state index is 12.4. The molecule has 2 atom stereocenters. The number of pyridine rings is 1. The minimum atomic E-state index is -0.310. The van der Waals surface area contributed by atoms with Gasteiger partial charge in [-0.3, -0.25) is 9.59 Å². The number of ether oxygens (including phenoxy) is 1. The number of hydrogen-bond donors (Lipinski definition) is 2. The van der Waals surface area contributed by atoms with E-state index in [1.54, 1.807) is 6.92 Å². The normalized spacial score (nSPS) is 21.4. The highest BCUT2D eigenvalue weighted by Gasteiger charge is 2.28. The molecular formula is C18H28N2O3. The zero-order valence-corrected chi connectivity index (χ0v) is 14.4. The number of H-pyrrole nitrogens is 1. The maximum Gasteiger partial charge on any atom is 0.257 e. The maximum absolute atomic E-state index is 12.4. The van der Waals surface area contributed by atoms with Crippen LogP contribution in [0.2, 0.25) is 0 Å². The van der Waals surface area contributed by atoms with Crippen molar-refractivity contribution in [3.63, 3.8) is 0 Å². The molecule has 0 radical (unpaired) electrons. The summed E-state index contributed by atoms with van der Waals surface area (Å²) in [6, 6.07) is 1.44. The predicted molar refractivity (Wildman–Crippen MR) is 90.7 cm³/mol. The van der Waals surface area contributed by atoms with Crippen LogP contribution in [0.1, 0.15) is 62.0 Å². The largest absolute Gasteiger partial charge is 0.376 e. The van der Waals surface area contributed by atoms with Crippen LogP contribution in [0.4, 0.5) is 0 Å². The van der Waals surface area contributed by atoms with Crippen LogP contribution < -0.4 is 10.7 Å². The topological polar surface area (TPSA) is 71.2 Å². The van der Waals surface area contributed by atoms with Gasteiger partial charge in [-0.05, 0) is 32.1 Å². The highest BCUT2D eigenvalue weighted by atomic mass is 16.5. The van der Waals surface area contributed by atoms with Crippen molar-refractivity contribution in [1.82, 2.24) is 10.3 Å². The second kappa shape index (κ2) is 8.29. The Kier molecular flexibility index (Phi) is 6.39. The SMILES string of the molecule is Cc1cc(=O)c(C(=O)NC2CCCCC2OCCC(C)C)c[nH]1. The zero-order valence-electron chi connectivity index (χ0n) is 14.4. The lowest BCUT2D eigenvalue weighted by Gasteiger charge is -2.32. The molecule has 0 aliphatic heterocycles. The molecule has 0 saturated heterocycles. The van der Waals surface area contributed by atoms with Crippen LogP contribution in [-0.2, 0) is 4.74 Å². The molecule has 128 valence electrons. The molecule has 1 heterocycles. The lowest BCUT2D eigenvalue weighted by Crippen LogP contribution is -2.47. The van der Waals surface area contributed by atoms with Crippen molar-refractivity contribution in [1.29, 1.82) is 0 Å². The molecule has 2 rings (SSSR count). The molecular weight excluding hydrogens is 292 g/mol. The summed E-state index contributed by atoms with van der Waals surface area (Å²) in [4.78, 5) is 27.3. The van der Waals surface area contributed by atoms with Crippen LogP contribution in [0, 0.1) is 12.8 Å². The van der Waals surface area contributed by atoms with E-state index in [1.165, 1.54) is 12.3 Å². The van der Waals surface area contributed by atoms with E-state index in [0.717, 1.165) is 44.4 Å². The Morgan fingerprint density at radius 3 is 2.83 bits per heavy atom. The Labute approximate surface area is 137 Å². The molecule has 0 spiro atoms. The van der Waals surface area contributed by atoms with Crippen LogP contribution >= 0.6 is 0 Å². The van der Waals surface area contributed by atoms with E-state index in [2.05, 4.69) is 24.1 Å². The van der Waals surface area contributed by atoms with Crippen molar-refractivity contribution < 1.29 is 9.53 Å². The quantitative estimate of drug-likeness (QED) is 0.846. The molecule has 1 aromatic heterocycles. The number of carbonyl (C=O) groups is 1. The number of hydrogen-bond acceptors (Lipinski definition) is 3. The molecule has 1 aliphatic carbocycles. The standard InChI is InChI=1S/C18H28N2O3/c1-12(2)8-9-23-17-7-5-4-6-15(17)20-18(22)14-11-19-13(3)10-16(14)21/h10-12,15,17H,4-9H2,1-3H3,(H,19,21)(H,20,22). The van der Waals surface area contributed by atoms with Gasteiger partial charge in [0.2, 0.25) is 0 Å². The summed E-state index contributed by atoms with van der Waals surface area (Å²) in [5.74, 6) is 0.299. The smallest absolute Gasteiger partial charge is 0.257 e. The second-order valence-corrected chi connectivity index (χ2v) is 6.85. The molecule has 2 unspecified atom stereocenters. The molecule has 1 aliphatic rings. The van der Waals surface area contributed by atoms with Gasteiger partial charge in [0, 0.05) is 24.6 Å². The molecule has 1 saturated carbocycles. The van der Waals surface area contributed by atoms with Gasteiger partial charge in [0.25, 0.3) is 5.91 Å². The fourth-order valence-corrected chi connectivity index (χ4v) is 2.91. The summed E-state index contributed by atoms with van der Waals surface area (Å²) in [7, 11) is 0. The average molecular weight is 320 g/mol. The first kappa shape index (κ1) is 17.7. The number of aromatic nitrogens is 1. The monoisotopic (exact) mass is 320 g/mol. The summed E-state index contributed by atoms with van der Waals surface area (Å²) >= 11 is 0. The van der Waals surface area contributed by atoms with Crippen molar-refractivity contribution in [2.45, 2.75) is 65.0 Å². The highest BCUT2D eigenvalue weighted by Crippen LogP contribution is 2.22. The van der Waals surface area contributed by atoms with Crippen LogP contribution in [0.15, 0.2) is 17.1 Å². The fraction of sp³-hybridized carbons (Fsp3) is 0.667. The number of rotatable bonds is 6. The Morgan fingerprint density at radius 1 is 1.39 bits per heavy atom. The number of aromatic amines is 1. The third-order valence-corrected chi connectivity index (χ3v) is 4.35. The molecule has 1 aromatic rings. The summed E-state index contributed by atoms with van der Waals surface area (Å²) < 4.78 is 5.99. The van der Waals surface area contributed by atoms with Crippen molar-refractivity contribution in [3.05, 3.63) is 33.7 Å². The van der Waals surface area contributed by atoms with Gasteiger partial charge in [-0.1, -0.05) is 26.7 Å². The minimum absolute atomic E-state index is 0.0101. The summed E-state index contributed by atoms with van der Waals surface area (Å²) in [5, 5.41) is 3.00. The van der Waals surface area contributed by atoms with Crippen molar-refractivity contribution in [2.75, 3.05) is 6.61 Å². The second-order valence-electron chi connectivity index (χ2n) is 6.85. The molecule has 5 nitrogen and oxygen atoms in total. The minimum Gasteiger partial charge on any atom is -0.376 e. The Bertz CT molecular complexity index is 580. The summed E-state index contributed by atoms with van der Waals surface area (Å²) in [5.41, 5.74) is 0.674. The molecule has 0 bridgehead atoms. The number of nitrogens with one attached hydrogen (secondary N) is 2. The first-order valence-electron chi connectivity index (χ1n) is 8.59. The van der Waals surface area contributed by atoms with Crippen LogP contribution in [-0.4, -0.2) is 29.6 Å². The van der Waals surface area contributed by atoms with E-state index >= 15 is 0 Å². The summed E-state index contributed by atoms with van der Waals surface area (Å²) in [6.45, 7) is 6.86. The van der Waals surface area contributed by atoms with Gasteiger partial charge in [0.1, 0.15) is 5.56 Å². The third-order valence-electron chi connectivity index (χ3n) is 4.35. The lowest BCUT2D eigenvalue weighted by atomic mass is 9.92. The highest BCUT2D eigenvalue weighted by molar-refractivity contribution is 5.94. The average Bonchev–Trinajstić information content (AvgIpc) is 2.48. The molecule has 2 N–H and O–H groups in total. The first-order valence-corrected chi connectivity index (χ1v) is 8.59. The van der Waals surface area contributed by atoms with Gasteiger partial charge >= 0.3 is 0 Å². The third kappa shape index (κ3) is 5.20. The van der Waals surface area contributed by atoms with Crippen molar-refractivity contribution >= 4 is 5.91 Å². The van der Waals surface area contributed by atoms with E-state index in [9.17, 15) is 9.59 Å². The molecule has 23 heavy (non-hydrogen) atoms. The Morgan fingerprint density at radius 2 is 2.13 bits per heavy atom. The van der Waals surface area contributed by atoms with Crippen LogP contribution in [0.25, 0.3) is 0 Å². The number of aryl methyl sites for hydroxylation is 1. The predicted octanol–water partition coefficient (Wildman–Crippen LogP) is 2.79. The van der Waals surface area contributed by atoms with Crippen LogP contribution in [0.5, 0.6) is 0 Å². The summed E-state index contributed by atoms with van der Waals surface area (Å²) in [6.07, 6.45) is 6.65. The number of carbonyl (C=O) groups excluding carboxylic acids is 1. The Hall–Kier alpha value is -1.62. The van der Waals surface area contributed by atoms with Crippen molar-refractivity contribution in [3.8, 4) is 0 Å². The molecule has 0 aromatic carbocycles. The van der Waals surface area contributed by atoms with Gasteiger partial charge in [0.05, 0.1) is 12.1 Å². The number of amides is 1. The van der Waals surface area contributed by atoms with Crippen LogP contribution in [0.3, 0.4) is 0 Å². The Balaban J connectivity index is 1.97. The van der Waals surface area contributed by atoms with Gasteiger partial charge < -0.3 is 15.0 Å². The zero-order chi connectivity index (χ0) is 16.8. The van der Waals surface area contributed by atoms with E-state index in [-0.39, 0.29) is 29.0 Å². The van der Waals surface area contributed by atoms with Crippen molar-refractivity contribution in [2.24, 2.45) is 5.92 Å². The van der Waals surface area contributed by atoms with Gasteiger partial charge in [-0.25, -0.2) is 0 Å². The lowest BCUT2D eigenvalue weighted by molar-refractivity contribution is 0.00120. The van der Waals surface area contributed by atoms with Gasteiger partial charge in [0.15, 0.2) is 5.43 Å². The first-order chi connectivity index (χ1) is 11.0. The van der Waals surface area contributed by atoms with E-state index < -0.39 is 0 Å². The van der Waals surface area contributed by atoms with Gasteiger partial charge in [-0.2, -0.15) is 0 Å². The van der Waals surface area contributed by atoms with E-state index in [4.69, 9.17) is 4.74 Å².